The number of nitrogens with one attached hydrogen (secondary N) is 1. The van der Waals surface area contributed by atoms with Gasteiger partial charge in [-0.1, -0.05) is 6.92 Å². The Hall–Kier alpha value is -0.220. The van der Waals surface area contributed by atoms with Crippen LogP contribution in [0.15, 0.2) is 0 Å². The highest BCUT2D eigenvalue weighted by molar-refractivity contribution is 7.80. The minimum absolute atomic E-state index is 0.0412. The van der Waals surface area contributed by atoms with Crippen molar-refractivity contribution < 1.29 is 4.79 Å². The molecule has 0 heterocycles. The number of carbonyl (C=O) groups excluding carboxylic acids is 1. The van der Waals surface area contributed by atoms with Crippen LogP contribution in [0.25, 0.3) is 0 Å². The van der Waals surface area contributed by atoms with Crippen molar-refractivity contribution in [1.82, 2.24) is 5.32 Å². The van der Waals surface area contributed by atoms with Crippen LogP contribution in [-0.2, 0) is 4.79 Å². The highest BCUT2D eigenvalue weighted by Crippen LogP contribution is 2.19. The van der Waals surface area contributed by atoms with Crippen LogP contribution in [-0.4, -0.2) is 25.3 Å². The summed E-state index contributed by atoms with van der Waals surface area (Å²) in [5, 5.41) is 3.07. The van der Waals surface area contributed by atoms with Gasteiger partial charge in [0.2, 0.25) is 5.91 Å². The summed E-state index contributed by atoms with van der Waals surface area (Å²) >= 11 is 4.17. The Balaban J connectivity index is 3.98. The maximum Gasteiger partial charge on any atom is 0.220 e. The first-order valence-corrected chi connectivity index (χ1v) is 5.31. The van der Waals surface area contributed by atoms with E-state index in [1.807, 2.05) is 14.0 Å². The van der Waals surface area contributed by atoms with Crippen molar-refractivity contribution in [3.63, 3.8) is 0 Å². The third-order valence-corrected chi connectivity index (χ3v) is 2.68. The van der Waals surface area contributed by atoms with Gasteiger partial charge >= 0.3 is 0 Å². The molecule has 0 radical (unpaired) electrons. The lowest BCUT2D eigenvalue weighted by atomic mass is 9.88. The van der Waals surface area contributed by atoms with Gasteiger partial charge in [-0.3, -0.25) is 4.79 Å². The number of hydrogen-bond acceptors (Lipinski definition) is 3. The third kappa shape index (κ3) is 5.16. The highest BCUT2D eigenvalue weighted by atomic mass is 32.1. The molecule has 0 saturated heterocycles. The molecule has 0 bridgehead atoms. The van der Waals surface area contributed by atoms with Crippen molar-refractivity contribution >= 4 is 18.5 Å². The van der Waals surface area contributed by atoms with E-state index in [1.54, 1.807) is 0 Å². The molecule has 3 nitrogen and oxygen atoms in total. The summed E-state index contributed by atoms with van der Waals surface area (Å²) in [6.07, 6.45) is 1.94. The Morgan fingerprint density at radius 1 is 1.54 bits per heavy atom. The van der Waals surface area contributed by atoms with E-state index in [2.05, 4.69) is 17.9 Å². The van der Waals surface area contributed by atoms with Crippen LogP contribution in [0.4, 0.5) is 0 Å². The average molecular weight is 204 g/mol. The molecule has 0 saturated carbocycles. The predicted molar refractivity (Wildman–Crippen MR) is 58.9 cm³/mol. The summed E-state index contributed by atoms with van der Waals surface area (Å²) in [6, 6.07) is 0. The number of rotatable bonds is 7. The Morgan fingerprint density at radius 3 is 2.54 bits per heavy atom. The summed E-state index contributed by atoms with van der Waals surface area (Å²) in [6.45, 7) is 2.82. The molecule has 0 aromatic heterocycles. The lowest BCUT2D eigenvalue weighted by Gasteiger charge is -2.20. The Kier molecular flexibility index (Phi) is 7.09. The van der Waals surface area contributed by atoms with Crippen LogP contribution < -0.4 is 11.1 Å². The van der Waals surface area contributed by atoms with Gasteiger partial charge in [0, 0.05) is 5.92 Å². The quantitative estimate of drug-likeness (QED) is 0.533. The topological polar surface area (TPSA) is 55.1 Å². The van der Waals surface area contributed by atoms with Crippen LogP contribution >= 0.6 is 12.6 Å². The predicted octanol–water partition coefficient (Wildman–Crippen LogP) is 0.653. The molecule has 2 unspecified atom stereocenters. The summed E-state index contributed by atoms with van der Waals surface area (Å²) in [5.74, 6) is 0.928. The first-order chi connectivity index (χ1) is 6.13. The van der Waals surface area contributed by atoms with E-state index in [0.717, 1.165) is 25.1 Å². The van der Waals surface area contributed by atoms with Gasteiger partial charge in [0.25, 0.3) is 0 Å². The normalized spacial score (nSPS) is 15.3. The fraction of sp³-hybridized carbons (Fsp3) is 0.889. The smallest absolute Gasteiger partial charge is 0.220 e. The molecule has 0 aliphatic rings. The summed E-state index contributed by atoms with van der Waals surface area (Å²) in [5.41, 5.74) is 5.25. The van der Waals surface area contributed by atoms with Crippen LogP contribution in [0.5, 0.6) is 0 Å². The van der Waals surface area contributed by atoms with E-state index in [9.17, 15) is 4.79 Å². The molecule has 0 rings (SSSR count). The number of amides is 1. The van der Waals surface area contributed by atoms with Crippen molar-refractivity contribution in [2.75, 3.05) is 19.3 Å². The second-order valence-electron chi connectivity index (χ2n) is 3.36. The number of primary amides is 1. The third-order valence-electron chi connectivity index (χ3n) is 2.42. The molecule has 2 atom stereocenters. The van der Waals surface area contributed by atoms with Crippen LogP contribution in [0.1, 0.15) is 19.8 Å². The van der Waals surface area contributed by atoms with Crippen LogP contribution in [0.3, 0.4) is 0 Å². The zero-order valence-corrected chi connectivity index (χ0v) is 9.31. The second-order valence-corrected chi connectivity index (χ2v) is 3.80. The standard InChI is InChI=1S/C9H20N2OS/c1-7(9(10)12)8(4-6-13)3-5-11-2/h7-8,11,13H,3-6H2,1-2H3,(H2,10,12). The monoisotopic (exact) mass is 204 g/mol. The maximum atomic E-state index is 11.0. The van der Waals surface area contributed by atoms with Gasteiger partial charge in [-0.15, -0.1) is 0 Å². The molecular formula is C9H20N2OS. The number of thiol groups is 1. The molecule has 78 valence electrons. The van der Waals surface area contributed by atoms with Gasteiger partial charge in [0.1, 0.15) is 0 Å². The molecule has 0 spiro atoms. The first kappa shape index (κ1) is 12.8. The zero-order valence-electron chi connectivity index (χ0n) is 8.42. The minimum atomic E-state index is -0.206. The second kappa shape index (κ2) is 7.21. The van der Waals surface area contributed by atoms with Crippen molar-refractivity contribution in [1.29, 1.82) is 0 Å². The molecule has 0 aromatic carbocycles. The van der Waals surface area contributed by atoms with E-state index >= 15 is 0 Å². The van der Waals surface area contributed by atoms with Crippen molar-refractivity contribution in [3.8, 4) is 0 Å². The fourth-order valence-corrected chi connectivity index (χ4v) is 1.70. The SMILES string of the molecule is CNCCC(CCS)C(C)C(N)=O. The molecule has 0 fully saturated rings. The van der Waals surface area contributed by atoms with Gasteiger partial charge in [-0.2, -0.15) is 12.6 Å². The summed E-state index contributed by atoms with van der Waals surface area (Å²) in [4.78, 5) is 11.0. The lowest BCUT2D eigenvalue weighted by Crippen LogP contribution is -2.29. The number of carbonyl (C=O) groups is 1. The van der Waals surface area contributed by atoms with Gasteiger partial charge in [0.15, 0.2) is 0 Å². The Morgan fingerprint density at radius 2 is 2.15 bits per heavy atom. The van der Waals surface area contributed by atoms with E-state index in [4.69, 9.17) is 5.73 Å². The number of hydrogen-bond donors (Lipinski definition) is 3. The molecule has 3 N–H and O–H groups in total. The van der Waals surface area contributed by atoms with Crippen molar-refractivity contribution in [2.45, 2.75) is 19.8 Å². The van der Waals surface area contributed by atoms with Crippen molar-refractivity contribution in [2.24, 2.45) is 17.6 Å². The van der Waals surface area contributed by atoms with E-state index in [-0.39, 0.29) is 11.8 Å². The molecule has 4 heteroatoms. The molecule has 1 amide bonds. The maximum absolute atomic E-state index is 11.0. The minimum Gasteiger partial charge on any atom is -0.369 e. The average Bonchev–Trinajstić information content (AvgIpc) is 2.11. The molecular weight excluding hydrogens is 184 g/mol. The molecule has 0 aliphatic heterocycles. The molecule has 0 aliphatic carbocycles. The van der Waals surface area contributed by atoms with E-state index in [1.165, 1.54) is 0 Å². The van der Waals surface area contributed by atoms with Gasteiger partial charge < -0.3 is 11.1 Å². The largest absolute Gasteiger partial charge is 0.369 e. The number of nitrogens with two attached hydrogens (primary N) is 1. The van der Waals surface area contributed by atoms with E-state index in [0.29, 0.717) is 5.92 Å². The summed E-state index contributed by atoms with van der Waals surface area (Å²) < 4.78 is 0. The lowest BCUT2D eigenvalue weighted by molar-refractivity contribution is -0.122. The molecule has 13 heavy (non-hydrogen) atoms. The van der Waals surface area contributed by atoms with Gasteiger partial charge in [0.05, 0.1) is 0 Å². The molecule has 0 aromatic rings. The van der Waals surface area contributed by atoms with Crippen LogP contribution in [0, 0.1) is 11.8 Å². The summed E-state index contributed by atoms with van der Waals surface area (Å²) in [7, 11) is 1.91. The van der Waals surface area contributed by atoms with Gasteiger partial charge in [-0.25, -0.2) is 0 Å². The Bertz CT molecular complexity index is 153. The zero-order chi connectivity index (χ0) is 10.3. The highest BCUT2D eigenvalue weighted by Gasteiger charge is 2.20. The Labute approximate surface area is 85.9 Å². The van der Waals surface area contributed by atoms with E-state index < -0.39 is 0 Å². The fourth-order valence-electron chi connectivity index (χ4n) is 1.37. The van der Waals surface area contributed by atoms with Gasteiger partial charge in [-0.05, 0) is 38.1 Å². The first-order valence-electron chi connectivity index (χ1n) is 4.68. The van der Waals surface area contributed by atoms with Crippen molar-refractivity contribution in [3.05, 3.63) is 0 Å². The van der Waals surface area contributed by atoms with Crippen LogP contribution in [0.2, 0.25) is 0 Å².